The van der Waals surface area contributed by atoms with Gasteiger partial charge < -0.3 is 20.7 Å². The summed E-state index contributed by atoms with van der Waals surface area (Å²) in [6.45, 7) is -0.243. The minimum Gasteiger partial charge on any atom is -0.497 e. The molecule has 1 atom stereocenters. The van der Waals surface area contributed by atoms with Gasteiger partial charge in [-0.05, 0) is 23.3 Å². The van der Waals surface area contributed by atoms with Crippen LogP contribution in [-0.2, 0) is 6.61 Å². The summed E-state index contributed by atoms with van der Waals surface area (Å²) in [5.41, 5.74) is 7.11. The molecule has 0 amide bonds. The summed E-state index contributed by atoms with van der Waals surface area (Å²) >= 11 is 0. The van der Waals surface area contributed by atoms with Crippen molar-refractivity contribution < 1.29 is 14.9 Å². The summed E-state index contributed by atoms with van der Waals surface area (Å²) in [7, 11) is 1.56. The molecule has 0 bridgehead atoms. The van der Waals surface area contributed by atoms with Crippen LogP contribution in [0, 0.1) is 0 Å². The second kappa shape index (κ2) is 4.95. The first kappa shape index (κ1) is 11.0. The van der Waals surface area contributed by atoms with Gasteiger partial charge in [-0.2, -0.15) is 0 Å². The SMILES string of the molecule is COc1ccc(CO)c([C@H](N)CO)c1. The third kappa shape index (κ3) is 2.23. The zero-order valence-electron chi connectivity index (χ0n) is 8.10. The number of methoxy groups -OCH3 is 1. The Morgan fingerprint density at radius 1 is 1.43 bits per heavy atom. The van der Waals surface area contributed by atoms with Crippen LogP contribution in [0.15, 0.2) is 18.2 Å². The third-order valence-electron chi connectivity index (χ3n) is 2.12. The Morgan fingerprint density at radius 3 is 2.64 bits per heavy atom. The molecule has 0 fully saturated rings. The first-order valence-electron chi connectivity index (χ1n) is 4.37. The summed E-state index contributed by atoms with van der Waals surface area (Å²) < 4.78 is 5.03. The lowest BCUT2D eigenvalue weighted by atomic mass is 10.0. The van der Waals surface area contributed by atoms with Crippen molar-refractivity contribution in [3.63, 3.8) is 0 Å². The van der Waals surface area contributed by atoms with E-state index in [1.807, 2.05) is 0 Å². The van der Waals surface area contributed by atoms with E-state index >= 15 is 0 Å². The molecule has 0 radical (unpaired) electrons. The average Bonchev–Trinajstić information content (AvgIpc) is 2.27. The van der Waals surface area contributed by atoms with Gasteiger partial charge in [-0.1, -0.05) is 6.07 Å². The monoisotopic (exact) mass is 197 g/mol. The van der Waals surface area contributed by atoms with Crippen LogP contribution in [0.2, 0.25) is 0 Å². The minimum atomic E-state index is -0.479. The van der Waals surface area contributed by atoms with Crippen LogP contribution >= 0.6 is 0 Å². The molecule has 4 N–H and O–H groups in total. The number of aliphatic hydroxyl groups excluding tert-OH is 2. The maximum Gasteiger partial charge on any atom is 0.119 e. The fraction of sp³-hybridized carbons (Fsp3) is 0.400. The summed E-state index contributed by atoms with van der Waals surface area (Å²) in [6.07, 6.45) is 0. The molecule has 1 rings (SSSR count). The van der Waals surface area contributed by atoms with Crippen LogP contribution in [0.4, 0.5) is 0 Å². The topological polar surface area (TPSA) is 75.7 Å². The van der Waals surface area contributed by atoms with Gasteiger partial charge in [0, 0.05) is 0 Å². The van der Waals surface area contributed by atoms with Gasteiger partial charge >= 0.3 is 0 Å². The Morgan fingerprint density at radius 2 is 2.14 bits per heavy atom. The van der Waals surface area contributed by atoms with Crippen molar-refractivity contribution in [3.8, 4) is 5.75 Å². The number of rotatable bonds is 4. The molecule has 0 aliphatic carbocycles. The molecule has 78 valence electrons. The van der Waals surface area contributed by atoms with Crippen molar-refractivity contribution in [1.29, 1.82) is 0 Å². The first-order valence-corrected chi connectivity index (χ1v) is 4.37. The van der Waals surface area contributed by atoms with Gasteiger partial charge in [-0.15, -0.1) is 0 Å². The highest BCUT2D eigenvalue weighted by atomic mass is 16.5. The second-order valence-corrected chi connectivity index (χ2v) is 3.01. The fourth-order valence-corrected chi connectivity index (χ4v) is 1.29. The van der Waals surface area contributed by atoms with Gasteiger partial charge in [0.1, 0.15) is 5.75 Å². The van der Waals surface area contributed by atoms with Crippen LogP contribution in [0.5, 0.6) is 5.75 Å². The molecule has 1 aromatic rings. The molecule has 0 aliphatic rings. The van der Waals surface area contributed by atoms with Crippen molar-refractivity contribution in [3.05, 3.63) is 29.3 Å². The van der Waals surface area contributed by atoms with E-state index in [1.54, 1.807) is 25.3 Å². The van der Waals surface area contributed by atoms with Crippen LogP contribution in [0.25, 0.3) is 0 Å². The number of benzene rings is 1. The maximum absolute atomic E-state index is 9.05. The molecular weight excluding hydrogens is 182 g/mol. The van der Waals surface area contributed by atoms with Gasteiger partial charge in [0.25, 0.3) is 0 Å². The molecule has 0 aliphatic heterocycles. The Bertz CT molecular complexity index is 301. The van der Waals surface area contributed by atoms with Crippen molar-refractivity contribution >= 4 is 0 Å². The largest absolute Gasteiger partial charge is 0.497 e. The number of ether oxygens (including phenoxy) is 1. The van der Waals surface area contributed by atoms with Gasteiger partial charge in [-0.25, -0.2) is 0 Å². The molecule has 0 spiro atoms. The molecule has 0 saturated carbocycles. The summed E-state index contributed by atoms with van der Waals surface area (Å²) in [6, 6.07) is 4.74. The van der Waals surface area contributed by atoms with Crippen LogP contribution in [-0.4, -0.2) is 23.9 Å². The Kier molecular flexibility index (Phi) is 3.88. The maximum atomic E-state index is 9.05. The van der Waals surface area contributed by atoms with Crippen molar-refractivity contribution in [2.75, 3.05) is 13.7 Å². The lowest BCUT2D eigenvalue weighted by Gasteiger charge is -2.14. The molecule has 14 heavy (non-hydrogen) atoms. The van der Waals surface area contributed by atoms with E-state index in [-0.39, 0.29) is 13.2 Å². The van der Waals surface area contributed by atoms with E-state index in [1.165, 1.54) is 0 Å². The van der Waals surface area contributed by atoms with E-state index < -0.39 is 6.04 Å². The predicted molar refractivity (Wildman–Crippen MR) is 52.9 cm³/mol. The highest BCUT2D eigenvalue weighted by molar-refractivity contribution is 5.37. The standard InChI is InChI=1S/C10H15NO3/c1-14-8-3-2-7(5-12)9(4-8)10(11)6-13/h2-4,10,12-13H,5-6,11H2,1H3/t10-/m1/s1. The zero-order valence-corrected chi connectivity index (χ0v) is 8.10. The van der Waals surface area contributed by atoms with E-state index in [2.05, 4.69) is 0 Å². The molecule has 4 heteroatoms. The number of hydrogen-bond acceptors (Lipinski definition) is 4. The van der Waals surface area contributed by atoms with E-state index in [9.17, 15) is 0 Å². The molecule has 0 unspecified atom stereocenters. The van der Waals surface area contributed by atoms with Crippen LogP contribution in [0.1, 0.15) is 17.2 Å². The predicted octanol–water partition coefficient (Wildman–Crippen LogP) is 0.180. The quantitative estimate of drug-likeness (QED) is 0.643. The van der Waals surface area contributed by atoms with Crippen LogP contribution < -0.4 is 10.5 Å². The van der Waals surface area contributed by atoms with Gasteiger partial charge in [0.05, 0.1) is 26.4 Å². The smallest absolute Gasteiger partial charge is 0.119 e. The zero-order chi connectivity index (χ0) is 10.6. The highest BCUT2D eigenvalue weighted by Gasteiger charge is 2.10. The molecule has 0 aromatic heterocycles. The van der Waals surface area contributed by atoms with Crippen molar-refractivity contribution in [2.45, 2.75) is 12.6 Å². The third-order valence-corrected chi connectivity index (χ3v) is 2.12. The Hall–Kier alpha value is -1.10. The molecule has 4 nitrogen and oxygen atoms in total. The summed E-state index contributed by atoms with van der Waals surface area (Å²) in [5, 5.41) is 18.0. The Balaban J connectivity index is 3.08. The van der Waals surface area contributed by atoms with Crippen molar-refractivity contribution in [1.82, 2.24) is 0 Å². The fourth-order valence-electron chi connectivity index (χ4n) is 1.29. The second-order valence-electron chi connectivity index (χ2n) is 3.01. The summed E-state index contributed by atoms with van der Waals surface area (Å²) in [5.74, 6) is 0.668. The first-order chi connectivity index (χ1) is 6.72. The van der Waals surface area contributed by atoms with Gasteiger partial charge in [0.15, 0.2) is 0 Å². The van der Waals surface area contributed by atoms with E-state index in [4.69, 9.17) is 20.7 Å². The molecule has 1 aromatic carbocycles. The van der Waals surface area contributed by atoms with Gasteiger partial charge in [0.2, 0.25) is 0 Å². The molecule has 0 heterocycles. The number of aliphatic hydroxyl groups is 2. The van der Waals surface area contributed by atoms with Crippen LogP contribution in [0.3, 0.4) is 0 Å². The highest BCUT2D eigenvalue weighted by Crippen LogP contribution is 2.22. The number of hydrogen-bond donors (Lipinski definition) is 3. The van der Waals surface area contributed by atoms with E-state index in [0.29, 0.717) is 16.9 Å². The number of nitrogens with two attached hydrogens (primary N) is 1. The lowest BCUT2D eigenvalue weighted by Crippen LogP contribution is -2.16. The normalized spacial score (nSPS) is 12.6. The Labute approximate surface area is 82.9 Å². The van der Waals surface area contributed by atoms with E-state index in [0.717, 1.165) is 0 Å². The molecule has 0 saturated heterocycles. The summed E-state index contributed by atoms with van der Waals surface area (Å²) in [4.78, 5) is 0. The molecular formula is C10H15NO3. The van der Waals surface area contributed by atoms with Gasteiger partial charge in [-0.3, -0.25) is 0 Å². The lowest BCUT2D eigenvalue weighted by molar-refractivity contribution is 0.258. The average molecular weight is 197 g/mol. The minimum absolute atomic E-state index is 0.0903. The van der Waals surface area contributed by atoms with Crippen molar-refractivity contribution in [2.24, 2.45) is 5.73 Å².